The molecule has 0 radical (unpaired) electrons. The molecule has 2 aromatic carbocycles. The van der Waals surface area contributed by atoms with E-state index < -0.39 is 0 Å². The highest BCUT2D eigenvalue weighted by Crippen LogP contribution is 2.28. The maximum absolute atomic E-state index is 12.3. The largest absolute Gasteiger partial charge is 0.492 e. The van der Waals surface area contributed by atoms with E-state index in [-0.39, 0.29) is 5.91 Å². The SMILES string of the molecule is CCOc1ccc(Cl)cc1NC(=O)c1cccc(CCl)c1. The molecule has 0 saturated heterocycles. The van der Waals surface area contributed by atoms with Crippen LogP contribution in [0, 0.1) is 0 Å². The molecule has 110 valence electrons. The molecule has 5 heteroatoms. The van der Waals surface area contributed by atoms with Crippen molar-refractivity contribution in [2.75, 3.05) is 11.9 Å². The fourth-order valence-corrected chi connectivity index (χ4v) is 2.21. The van der Waals surface area contributed by atoms with Crippen molar-refractivity contribution in [2.45, 2.75) is 12.8 Å². The summed E-state index contributed by atoms with van der Waals surface area (Å²) < 4.78 is 5.48. The lowest BCUT2D eigenvalue weighted by molar-refractivity contribution is 0.102. The zero-order valence-electron chi connectivity index (χ0n) is 11.5. The Morgan fingerprint density at radius 1 is 1.24 bits per heavy atom. The van der Waals surface area contributed by atoms with Gasteiger partial charge in [-0.25, -0.2) is 0 Å². The number of rotatable bonds is 5. The molecular formula is C16H15Cl2NO2. The number of carbonyl (C=O) groups excluding carboxylic acids is 1. The van der Waals surface area contributed by atoms with E-state index >= 15 is 0 Å². The first-order valence-corrected chi connectivity index (χ1v) is 7.44. The Kier molecular flexibility index (Phi) is 5.48. The van der Waals surface area contributed by atoms with Crippen molar-refractivity contribution >= 4 is 34.8 Å². The van der Waals surface area contributed by atoms with Crippen molar-refractivity contribution in [3.8, 4) is 5.75 Å². The quantitative estimate of drug-likeness (QED) is 0.808. The lowest BCUT2D eigenvalue weighted by Gasteiger charge is -2.12. The third-order valence-corrected chi connectivity index (χ3v) is 3.38. The lowest BCUT2D eigenvalue weighted by Crippen LogP contribution is -2.13. The number of halogens is 2. The molecule has 0 aliphatic carbocycles. The van der Waals surface area contributed by atoms with Gasteiger partial charge in [0.1, 0.15) is 5.75 Å². The van der Waals surface area contributed by atoms with Gasteiger partial charge in [-0.15, -0.1) is 11.6 Å². The lowest BCUT2D eigenvalue weighted by atomic mass is 10.1. The van der Waals surface area contributed by atoms with Gasteiger partial charge in [0.25, 0.3) is 5.91 Å². The van der Waals surface area contributed by atoms with Crippen LogP contribution in [0.5, 0.6) is 5.75 Å². The molecule has 0 aliphatic rings. The third-order valence-electron chi connectivity index (χ3n) is 2.83. The predicted octanol–water partition coefficient (Wildman–Crippen LogP) is 4.73. The highest BCUT2D eigenvalue weighted by atomic mass is 35.5. The molecule has 0 unspecified atom stereocenters. The summed E-state index contributed by atoms with van der Waals surface area (Å²) in [5.41, 5.74) is 1.97. The van der Waals surface area contributed by atoms with E-state index in [1.165, 1.54) is 0 Å². The Balaban J connectivity index is 2.24. The number of ether oxygens (including phenoxy) is 1. The van der Waals surface area contributed by atoms with Crippen LogP contribution >= 0.6 is 23.2 Å². The van der Waals surface area contributed by atoms with Crippen LogP contribution in [0.25, 0.3) is 0 Å². The number of carbonyl (C=O) groups is 1. The van der Waals surface area contributed by atoms with Gasteiger partial charge < -0.3 is 10.1 Å². The summed E-state index contributed by atoms with van der Waals surface area (Å²) >= 11 is 11.8. The second kappa shape index (κ2) is 7.34. The molecule has 2 rings (SSSR count). The fourth-order valence-electron chi connectivity index (χ4n) is 1.87. The molecule has 0 bridgehead atoms. The number of alkyl halides is 1. The maximum atomic E-state index is 12.3. The zero-order valence-corrected chi connectivity index (χ0v) is 13.0. The van der Waals surface area contributed by atoms with Crippen molar-refractivity contribution in [3.05, 3.63) is 58.6 Å². The molecule has 0 spiro atoms. The van der Waals surface area contributed by atoms with Gasteiger partial charge >= 0.3 is 0 Å². The normalized spacial score (nSPS) is 10.2. The van der Waals surface area contributed by atoms with E-state index in [1.807, 2.05) is 13.0 Å². The van der Waals surface area contributed by atoms with Crippen LogP contribution in [-0.2, 0) is 5.88 Å². The Labute approximate surface area is 133 Å². The Morgan fingerprint density at radius 3 is 2.76 bits per heavy atom. The summed E-state index contributed by atoms with van der Waals surface area (Å²) in [6.45, 7) is 2.39. The second-order valence-electron chi connectivity index (χ2n) is 4.36. The number of nitrogens with one attached hydrogen (secondary N) is 1. The van der Waals surface area contributed by atoms with Crippen LogP contribution in [0.3, 0.4) is 0 Å². The highest BCUT2D eigenvalue weighted by Gasteiger charge is 2.11. The summed E-state index contributed by atoms with van der Waals surface area (Å²) in [4.78, 5) is 12.3. The van der Waals surface area contributed by atoms with Gasteiger partial charge in [0.2, 0.25) is 0 Å². The molecule has 1 amide bonds. The van der Waals surface area contributed by atoms with E-state index in [0.29, 0.717) is 34.5 Å². The molecule has 0 aromatic heterocycles. The van der Waals surface area contributed by atoms with E-state index in [9.17, 15) is 4.79 Å². The number of amides is 1. The minimum atomic E-state index is -0.231. The second-order valence-corrected chi connectivity index (χ2v) is 5.07. The molecule has 0 heterocycles. The smallest absolute Gasteiger partial charge is 0.255 e. The van der Waals surface area contributed by atoms with E-state index in [0.717, 1.165) is 5.56 Å². The molecule has 1 N–H and O–H groups in total. The molecule has 2 aromatic rings. The van der Waals surface area contributed by atoms with Crippen molar-refractivity contribution in [1.29, 1.82) is 0 Å². The van der Waals surface area contributed by atoms with E-state index in [2.05, 4.69) is 5.32 Å². The maximum Gasteiger partial charge on any atom is 0.255 e. The van der Waals surface area contributed by atoms with E-state index in [1.54, 1.807) is 36.4 Å². The van der Waals surface area contributed by atoms with Crippen LogP contribution < -0.4 is 10.1 Å². The van der Waals surface area contributed by atoms with Crippen molar-refractivity contribution in [2.24, 2.45) is 0 Å². The van der Waals surface area contributed by atoms with E-state index in [4.69, 9.17) is 27.9 Å². The van der Waals surface area contributed by atoms with Gasteiger partial charge in [0.15, 0.2) is 0 Å². The van der Waals surface area contributed by atoms with Crippen LogP contribution in [-0.4, -0.2) is 12.5 Å². The van der Waals surface area contributed by atoms with Crippen LogP contribution in [0.2, 0.25) is 5.02 Å². The van der Waals surface area contributed by atoms with Gasteiger partial charge in [0.05, 0.1) is 12.3 Å². The Hall–Kier alpha value is -1.71. The number of hydrogen-bond acceptors (Lipinski definition) is 2. The van der Waals surface area contributed by atoms with Gasteiger partial charge in [0, 0.05) is 16.5 Å². The number of hydrogen-bond donors (Lipinski definition) is 1. The number of anilines is 1. The monoisotopic (exact) mass is 323 g/mol. The van der Waals surface area contributed by atoms with Crippen molar-refractivity contribution in [3.63, 3.8) is 0 Å². The van der Waals surface area contributed by atoms with Crippen LogP contribution in [0.1, 0.15) is 22.8 Å². The summed E-state index contributed by atoms with van der Waals surface area (Å²) in [6, 6.07) is 12.3. The third kappa shape index (κ3) is 4.13. The van der Waals surface area contributed by atoms with Gasteiger partial charge in [-0.05, 0) is 42.8 Å². The standard InChI is InChI=1S/C16H15Cl2NO2/c1-2-21-15-7-6-13(18)9-14(15)19-16(20)12-5-3-4-11(8-12)10-17/h3-9H,2,10H2,1H3,(H,19,20). The average molecular weight is 324 g/mol. The molecule has 0 fully saturated rings. The first-order chi connectivity index (χ1) is 10.1. The number of benzene rings is 2. The topological polar surface area (TPSA) is 38.3 Å². The first kappa shape index (κ1) is 15.7. The molecule has 0 aliphatic heterocycles. The van der Waals surface area contributed by atoms with Crippen molar-refractivity contribution in [1.82, 2.24) is 0 Å². The highest BCUT2D eigenvalue weighted by molar-refractivity contribution is 6.31. The van der Waals surface area contributed by atoms with Gasteiger partial charge in [-0.2, -0.15) is 0 Å². The molecule has 0 atom stereocenters. The van der Waals surface area contributed by atoms with Crippen LogP contribution in [0.15, 0.2) is 42.5 Å². The fraction of sp³-hybridized carbons (Fsp3) is 0.188. The average Bonchev–Trinajstić information content (AvgIpc) is 2.50. The Bertz CT molecular complexity index is 644. The minimum absolute atomic E-state index is 0.231. The molecule has 21 heavy (non-hydrogen) atoms. The summed E-state index contributed by atoms with van der Waals surface area (Å²) in [5, 5.41) is 3.34. The molecule has 3 nitrogen and oxygen atoms in total. The van der Waals surface area contributed by atoms with Gasteiger partial charge in [-0.1, -0.05) is 23.7 Å². The first-order valence-electron chi connectivity index (χ1n) is 6.52. The van der Waals surface area contributed by atoms with Crippen molar-refractivity contribution < 1.29 is 9.53 Å². The predicted molar refractivity (Wildman–Crippen MR) is 86.6 cm³/mol. The minimum Gasteiger partial charge on any atom is -0.492 e. The molecular weight excluding hydrogens is 309 g/mol. The Morgan fingerprint density at radius 2 is 2.05 bits per heavy atom. The molecule has 0 saturated carbocycles. The summed E-state index contributed by atoms with van der Waals surface area (Å²) in [7, 11) is 0. The van der Waals surface area contributed by atoms with Gasteiger partial charge in [-0.3, -0.25) is 4.79 Å². The zero-order chi connectivity index (χ0) is 15.2. The summed E-state index contributed by atoms with van der Waals surface area (Å²) in [6.07, 6.45) is 0. The summed E-state index contributed by atoms with van der Waals surface area (Å²) in [5.74, 6) is 0.719. The van der Waals surface area contributed by atoms with Crippen LogP contribution in [0.4, 0.5) is 5.69 Å².